The third-order valence-corrected chi connectivity index (χ3v) is 6.54. The van der Waals surface area contributed by atoms with E-state index in [4.69, 9.17) is 4.55 Å². The van der Waals surface area contributed by atoms with Gasteiger partial charge >= 0.3 is 18.0 Å². The predicted molar refractivity (Wildman–Crippen MR) is 77.0 cm³/mol. The molecule has 0 amide bonds. The molecule has 6 nitrogen and oxygen atoms in total. The highest BCUT2D eigenvalue weighted by Crippen LogP contribution is 2.31. The molecule has 2 aromatic carbocycles. The normalized spacial score (nSPS) is 12.6. The predicted octanol–water partition coefficient (Wildman–Crippen LogP) is 1.48. The first-order valence-corrected chi connectivity index (χ1v) is 9.02. The van der Waals surface area contributed by atoms with Crippen molar-refractivity contribution in [1.29, 1.82) is 0 Å². The van der Waals surface area contributed by atoms with Crippen molar-refractivity contribution in [3.05, 3.63) is 36.4 Å². The number of benzene rings is 2. The number of anilines is 1. The van der Waals surface area contributed by atoms with E-state index in [0.29, 0.717) is 5.39 Å². The summed E-state index contributed by atoms with van der Waals surface area (Å²) >= 11 is 0. The van der Waals surface area contributed by atoms with Gasteiger partial charge in [-0.15, -0.1) is 0 Å². The summed E-state index contributed by atoms with van der Waals surface area (Å²) in [7, 11) is -6.48. The van der Waals surface area contributed by atoms with E-state index in [0.717, 1.165) is 11.8 Å². The van der Waals surface area contributed by atoms with Crippen LogP contribution in [0.4, 0.5) is 5.69 Å². The molecular weight excluding hydrogens is 302 g/mol. The van der Waals surface area contributed by atoms with Crippen molar-refractivity contribution in [3.8, 4) is 0 Å². The summed E-state index contributed by atoms with van der Waals surface area (Å²) in [5.41, 5.74) is 0.745. The molecule has 0 fully saturated rings. The molecule has 0 heterocycles. The van der Waals surface area contributed by atoms with Gasteiger partial charge in [0.1, 0.15) is 0 Å². The molecule has 108 valence electrons. The van der Waals surface area contributed by atoms with Gasteiger partial charge in [0.25, 0.3) is 0 Å². The van der Waals surface area contributed by atoms with Crippen LogP contribution in [0.15, 0.2) is 41.3 Å². The fraction of sp³-hybridized carbons (Fsp3) is 0.167. The molecule has 0 spiro atoms. The van der Waals surface area contributed by atoms with E-state index in [1.807, 2.05) is 0 Å². The second kappa shape index (κ2) is 4.72. The van der Waals surface area contributed by atoms with Crippen LogP contribution < -0.4 is 4.90 Å². The van der Waals surface area contributed by atoms with Crippen LogP contribution in [-0.2, 0) is 18.0 Å². The van der Waals surface area contributed by atoms with Crippen molar-refractivity contribution >= 4 is 34.5 Å². The van der Waals surface area contributed by atoms with Crippen molar-refractivity contribution in [2.75, 3.05) is 19.0 Å². The Hall–Kier alpha value is -1.64. The van der Waals surface area contributed by atoms with Crippen molar-refractivity contribution < 1.29 is 21.4 Å². The molecule has 0 saturated carbocycles. The summed E-state index contributed by atoms with van der Waals surface area (Å²) in [6, 6.07) is 9.19. The van der Waals surface area contributed by atoms with Gasteiger partial charge in [-0.3, -0.25) is 4.55 Å². The lowest BCUT2D eigenvalue weighted by molar-refractivity contribution is 0.493. The molecule has 20 heavy (non-hydrogen) atoms. The van der Waals surface area contributed by atoms with Gasteiger partial charge in [-0.2, -0.15) is 8.42 Å². The second-order valence-corrected chi connectivity index (χ2v) is 9.19. The summed E-state index contributed by atoms with van der Waals surface area (Å²) in [4.78, 5) is 1.35. The molecule has 0 saturated heterocycles. The smallest absolute Gasteiger partial charge is 0.377 e. The Morgan fingerprint density at radius 3 is 2.00 bits per heavy atom. The SMILES string of the molecule is CN(C)c1cccc2c(S(=O)(=O)S(=O)(=O)O)cccc12. The molecule has 0 radical (unpaired) electrons. The van der Waals surface area contributed by atoms with Crippen LogP contribution in [0.2, 0.25) is 0 Å². The Morgan fingerprint density at radius 1 is 0.900 bits per heavy atom. The Labute approximate surface area is 116 Å². The summed E-state index contributed by atoms with van der Waals surface area (Å²) < 4.78 is 54.9. The van der Waals surface area contributed by atoms with Gasteiger partial charge in [0.2, 0.25) is 0 Å². The number of hydrogen-bond acceptors (Lipinski definition) is 5. The first-order chi connectivity index (χ1) is 9.16. The maximum absolute atomic E-state index is 11.9. The molecule has 0 aromatic heterocycles. The fourth-order valence-corrected chi connectivity index (χ4v) is 4.02. The molecular formula is C12H13NO5S2. The van der Waals surface area contributed by atoms with E-state index in [-0.39, 0.29) is 5.39 Å². The van der Waals surface area contributed by atoms with Gasteiger partial charge in [-0.05, 0) is 12.1 Å². The van der Waals surface area contributed by atoms with E-state index < -0.39 is 22.9 Å². The quantitative estimate of drug-likeness (QED) is 0.681. The summed E-state index contributed by atoms with van der Waals surface area (Å²) in [5, 5.41) is 0.832. The maximum atomic E-state index is 11.9. The highest BCUT2D eigenvalue weighted by Gasteiger charge is 2.31. The fourth-order valence-electron chi connectivity index (χ4n) is 1.99. The molecule has 8 heteroatoms. The van der Waals surface area contributed by atoms with Crippen molar-refractivity contribution in [2.45, 2.75) is 4.90 Å². The summed E-state index contributed by atoms with van der Waals surface area (Å²) in [6.45, 7) is 0. The molecule has 0 atom stereocenters. The zero-order valence-corrected chi connectivity index (χ0v) is 12.4. The van der Waals surface area contributed by atoms with Crippen LogP contribution in [-0.4, -0.2) is 35.5 Å². The van der Waals surface area contributed by atoms with E-state index in [1.165, 1.54) is 12.1 Å². The Bertz CT molecular complexity index is 870. The highest BCUT2D eigenvalue weighted by atomic mass is 33.2. The minimum absolute atomic E-state index is 0.247. The monoisotopic (exact) mass is 315 g/mol. The molecule has 2 aromatic rings. The van der Waals surface area contributed by atoms with Crippen molar-refractivity contribution in [1.82, 2.24) is 0 Å². The van der Waals surface area contributed by atoms with E-state index in [2.05, 4.69) is 0 Å². The summed E-state index contributed by atoms with van der Waals surface area (Å²) in [5.74, 6) is 0. The average Bonchev–Trinajstić information content (AvgIpc) is 2.35. The van der Waals surface area contributed by atoms with Gasteiger partial charge in [-0.1, -0.05) is 24.3 Å². The second-order valence-electron chi connectivity index (χ2n) is 4.40. The topological polar surface area (TPSA) is 91.8 Å². The van der Waals surface area contributed by atoms with Crippen molar-refractivity contribution in [3.63, 3.8) is 0 Å². The third kappa shape index (κ3) is 2.26. The lowest BCUT2D eigenvalue weighted by Gasteiger charge is -2.16. The standard InChI is InChI=1S/C12H13NO5S2/c1-13(2)11-7-3-6-10-9(11)5-4-8-12(10)19(14,15)20(16,17)18/h3-8H,1-2H3,(H,16,17,18). The molecule has 0 aliphatic rings. The first kappa shape index (κ1) is 14.8. The Kier molecular flexibility index (Phi) is 3.49. The number of rotatable bonds is 3. The van der Waals surface area contributed by atoms with Gasteiger partial charge in [0.05, 0.1) is 4.90 Å². The Balaban J connectivity index is 2.92. The minimum atomic E-state index is -5.22. The third-order valence-electron chi connectivity index (χ3n) is 2.89. The number of fused-ring (bicyclic) bond motifs is 1. The summed E-state index contributed by atoms with van der Waals surface area (Å²) in [6.07, 6.45) is 0. The largest absolute Gasteiger partial charge is 0.377 e. The van der Waals surface area contributed by atoms with Crippen LogP contribution in [0.3, 0.4) is 0 Å². The van der Waals surface area contributed by atoms with Gasteiger partial charge in [0, 0.05) is 30.6 Å². The molecule has 2 rings (SSSR count). The first-order valence-electron chi connectivity index (χ1n) is 5.58. The lowest BCUT2D eigenvalue weighted by Crippen LogP contribution is -2.15. The highest BCUT2D eigenvalue weighted by molar-refractivity contribution is 8.65. The van der Waals surface area contributed by atoms with Crippen LogP contribution in [0.5, 0.6) is 0 Å². The van der Waals surface area contributed by atoms with E-state index in [1.54, 1.807) is 37.2 Å². The maximum Gasteiger partial charge on any atom is 0.377 e. The molecule has 0 aliphatic heterocycles. The van der Waals surface area contributed by atoms with Crippen LogP contribution >= 0.6 is 0 Å². The molecule has 0 unspecified atom stereocenters. The zero-order valence-electron chi connectivity index (χ0n) is 10.8. The van der Waals surface area contributed by atoms with Gasteiger partial charge in [0.15, 0.2) is 0 Å². The van der Waals surface area contributed by atoms with Crippen LogP contribution in [0.25, 0.3) is 10.8 Å². The average molecular weight is 315 g/mol. The van der Waals surface area contributed by atoms with Gasteiger partial charge in [-0.25, -0.2) is 8.42 Å². The van der Waals surface area contributed by atoms with Crippen LogP contribution in [0.1, 0.15) is 0 Å². The zero-order chi connectivity index (χ0) is 15.1. The molecule has 0 bridgehead atoms. The number of nitrogens with zero attached hydrogens (tertiary/aromatic N) is 1. The molecule has 1 N–H and O–H groups in total. The van der Waals surface area contributed by atoms with Gasteiger partial charge < -0.3 is 4.90 Å². The minimum Gasteiger partial charge on any atom is -0.377 e. The lowest BCUT2D eigenvalue weighted by atomic mass is 10.1. The van der Waals surface area contributed by atoms with E-state index in [9.17, 15) is 16.8 Å². The van der Waals surface area contributed by atoms with Crippen LogP contribution in [0, 0.1) is 0 Å². The Morgan fingerprint density at radius 2 is 1.45 bits per heavy atom. The molecule has 0 aliphatic carbocycles. The van der Waals surface area contributed by atoms with Crippen molar-refractivity contribution in [2.24, 2.45) is 0 Å². The van der Waals surface area contributed by atoms with E-state index >= 15 is 0 Å². The number of hydrogen-bond donors (Lipinski definition) is 1.